The first-order valence-electron chi connectivity index (χ1n) is 2.85. The molecule has 0 fully saturated rings. The zero-order chi connectivity index (χ0) is 9.45. The summed E-state index contributed by atoms with van der Waals surface area (Å²) in [4.78, 5) is 0. The predicted molar refractivity (Wildman–Crippen MR) is 84.2 cm³/mol. The summed E-state index contributed by atoms with van der Waals surface area (Å²) in [6.07, 6.45) is -0.142. The third-order valence-electron chi connectivity index (χ3n) is 0.672. The first-order chi connectivity index (χ1) is 5.62. The molecule has 0 saturated heterocycles. The summed E-state index contributed by atoms with van der Waals surface area (Å²) in [5.41, 5.74) is 0. The van der Waals surface area contributed by atoms with Crippen LogP contribution in [0.25, 0.3) is 0 Å². The lowest BCUT2D eigenvalue weighted by atomic mass is 10.6. The van der Waals surface area contributed by atoms with E-state index in [1.165, 1.54) is 9.83 Å². The van der Waals surface area contributed by atoms with E-state index in [-0.39, 0.29) is 0 Å². The largest absolute Gasteiger partial charge is 0.0988 e. The normalized spacial score (nSPS) is 11.8. The van der Waals surface area contributed by atoms with Gasteiger partial charge in [-0.05, 0) is 84.1 Å². The lowest BCUT2D eigenvalue weighted by Gasteiger charge is -2.04. The number of thiol groups is 1. The fourth-order valence-corrected chi connectivity index (χ4v) is 18.8. The van der Waals surface area contributed by atoms with E-state index >= 15 is 0 Å². The highest BCUT2D eigenvalue weighted by atomic mass is 34.0. The fraction of sp³-hybridized carbons (Fsp3) is 1.00. The first kappa shape index (κ1) is 14.9. The van der Waals surface area contributed by atoms with Gasteiger partial charge in [-0.3, -0.25) is 0 Å². The van der Waals surface area contributed by atoms with Gasteiger partial charge >= 0.3 is 0 Å². The molecule has 0 saturated carbocycles. The molecule has 0 aliphatic heterocycles. The van der Waals surface area contributed by atoms with E-state index in [1.807, 2.05) is 0 Å². The van der Waals surface area contributed by atoms with Crippen LogP contribution in [0.15, 0.2) is 0 Å². The van der Waals surface area contributed by atoms with Crippen LogP contribution in [-0.2, 0) is 28.6 Å². The van der Waals surface area contributed by atoms with Crippen LogP contribution in [0.5, 0.6) is 0 Å². The molecule has 0 aromatic carbocycles. The number of rotatable bonds is 7. The van der Waals surface area contributed by atoms with Gasteiger partial charge < -0.3 is 0 Å². The van der Waals surface area contributed by atoms with Crippen LogP contribution in [0.4, 0.5) is 0 Å². The van der Waals surface area contributed by atoms with E-state index in [9.17, 15) is 0 Å². The Balaban J connectivity index is 3.48. The summed E-state index contributed by atoms with van der Waals surface area (Å²) in [6.45, 7) is 2.12. The van der Waals surface area contributed by atoms with Crippen LogP contribution in [0.1, 0.15) is 13.3 Å². The van der Waals surface area contributed by atoms with Crippen LogP contribution in [-0.4, -0.2) is 5.75 Å². The Morgan fingerprint density at radius 1 is 1.25 bits per heavy atom. The summed E-state index contributed by atoms with van der Waals surface area (Å²) < 4.78 is 0. The summed E-state index contributed by atoms with van der Waals surface area (Å²) in [5.74, 6) is 0.995. The highest BCUT2D eigenvalue weighted by Crippen LogP contribution is 2.51. The van der Waals surface area contributed by atoms with Gasteiger partial charge in [-0.1, -0.05) is 18.6 Å². The summed E-state index contributed by atoms with van der Waals surface area (Å²) in [7, 11) is 8.10. The molecule has 0 aromatic rings. The Bertz CT molecular complexity index is 180. The Kier molecular flexibility index (Phi) is 11.3. The lowest BCUT2D eigenvalue weighted by Crippen LogP contribution is -1.92. The molecule has 0 nitrogen and oxygen atoms in total. The molecular formula is C3H8S9. The number of hydrogen-bond donors (Lipinski definition) is 1. The van der Waals surface area contributed by atoms with Crippen LogP contribution < -0.4 is 0 Å². The second-order valence-corrected chi connectivity index (χ2v) is 19.2. The smallest absolute Gasteiger partial charge is 0.0118 e. The van der Waals surface area contributed by atoms with Crippen molar-refractivity contribution >= 4 is 89.3 Å². The monoisotopic (exact) mass is 332 g/mol. The molecule has 74 valence electrons. The summed E-state index contributed by atoms with van der Waals surface area (Å²) >= 11 is 14.6. The van der Waals surface area contributed by atoms with Gasteiger partial charge in [0, 0.05) is 5.75 Å². The molecule has 0 rings (SSSR count). The van der Waals surface area contributed by atoms with Gasteiger partial charge in [0.25, 0.3) is 0 Å². The van der Waals surface area contributed by atoms with Gasteiger partial charge in [-0.2, -0.15) is 0 Å². The van der Waals surface area contributed by atoms with Crippen molar-refractivity contribution in [2.75, 3.05) is 5.75 Å². The quantitative estimate of drug-likeness (QED) is 0.407. The minimum absolute atomic E-state index is 0.995. The molecular weight excluding hydrogens is 325 g/mol. The topological polar surface area (TPSA) is 0 Å². The van der Waals surface area contributed by atoms with E-state index in [2.05, 4.69) is 18.6 Å². The second-order valence-electron chi connectivity index (χ2n) is 1.61. The summed E-state index contributed by atoms with van der Waals surface area (Å²) in [6, 6.07) is 0. The van der Waals surface area contributed by atoms with Crippen molar-refractivity contribution in [3.05, 3.63) is 0 Å². The van der Waals surface area contributed by atoms with E-state index in [0.29, 0.717) is 0 Å². The third kappa shape index (κ3) is 9.45. The van der Waals surface area contributed by atoms with Crippen molar-refractivity contribution in [3.8, 4) is 0 Å². The standard InChI is InChI=1S/C3H8S9/c1-2-3-12(5,6)11-10-9-8-7-4/h4H,2-3H2,1H3. The molecule has 0 N–H and O–H groups in total. The fourth-order valence-electron chi connectivity index (χ4n) is 0.361. The van der Waals surface area contributed by atoms with Crippen LogP contribution in [0, 0.1) is 0 Å². The minimum Gasteiger partial charge on any atom is -0.0988 e. The van der Waals surface area contributed by atoms with Gasteiger partial charge in [0.05, 0.1) is 0 Å². The van der Waals surface area contributed by atoms with Crippen LogP contribution in [0.3, 0.4) is 0 Å². The van der Waals surface area contributed by atoms with Crippen molar-refractivity contribution in [1.29, 1.82) is 0 Å². The molecule has 0 heterocycles. The first-order valence-corrected chi connectivity index (χ1v) is 14.2. The maximum absolute atomic E-state index is 5.28. The van der Waals surface area contributed by atoms with Crippen molar-refractivity contribution < 1.29 is 0 Å². The van der Waals surface area contributed by atoms with Gasteiger partial charge in [0.2, 0.25) is 0 Å². The van der Waals surface area contributed by atoms with Crippen molar-refractivity contribution in [1.82, 2.24) is 0 Å². The molecule has 0 aliphatic rings. The molecule has 0 spiro atoms. The van der Waals surface area contributed by atoms with Crippen molar-refractivity contribution in [2.24, 2.45) is 0 Å². The summed E-state index contributed by atoms with van der Waals surface area (Å²) in [5, 5.41) is 0. The van der Waals surface area contributed by atoms with E-state index in [0.717, 1.165) is 12.2 Å². The van der Waals surface area contributed by atoms with Gasteiger partial charge in [0.1, 0.15) is 0 Å². The molecule has 0 bridgehead atoms. The Morgan fingerprint density at radius 3 is 2.42 bits per heavy atom. The molecule has 0 radical (unpaired) electrons. The lowest BCUT2D eigenvalue weighted by molar-refractivity contribution is 1.11. The van der Waals surface area contributed by atoms with E-state index in [1.54, 1.807) is 39.3 Å². The van der Waals surface area contributed by atoms with Crippen LogP contribution in [0.2, 0.25) is 0 Å². The van der Waals surface area contributed by atoms with Crippen LogP contribution >= 0.6 is 60.8 Å². The van der Waals surface area contributed by atoms with Crippen molar-refractivity contribution in [3.63, 3.8) is 0 Å². The molecule has 12 heavy (non-hydrogen) atoms. The van der Waals surface area contributed by atoms with E-state index in [4.69, 9.17) is 22.4 Å². The molecule has 9 heteroatoms. The number of hydrogen-bond acceptors (Lipinski definition) is 8. The zero-order valence-corrected chi connectivity index (χ0v) is 13.6. The Labute approximate surface area is 107 Å². The molecule has 0 unspecified atom stereocenters. The average Bonchev–Trinajstić information content (AvgIpc) is 1.98. The van der Waals surface area contributed by atoms with Gasteiger partial charge in [0.15, 0.2) is 0 Å². The van der Waals surface area contributed by atoms with E-state index < -0.39 is 6.18 Å². The van der Waals surface area contributed by atoms with Crippen molar-refractivity contribution in [2.45, 2.75) is 13.3 Å². The van der Waals surface area contributed by atoms with Gasteiger partial charge in [-0.15, -0.1) is 0 Å². The maximum Gasteiger partial charge on any atom is 0.0118 e. The maximum atomic E-state index is 5.28. The zero-order valence-electron chi connectivity index (χ0n) is 6.13. The molecule has 0 amide bonds. The SMILES string of the molecule is CCCS(=S)(=S)SSSSSS. The minimum atomic E-state index is -1.23. The average molecular weight is 333 g/mol. The molecule has 0 atom stereocenters. The highest BCUT2D eigenvalue weighted by Gasteiger charge is 2.02. The Hall–Kier alpha value is 2.89. The molecule has 0 aliphatic carbocycles. The van der Waals surface area contributed by atoms with Gasteiger partial charge in [-0.25, -0.2) is 0 Å². The molecule has 0 aromatic heterocycles. The Morgan fingerprint density at radius 2 is 1.92 bits per heavy atom. The predicted octanol–water partition coefficient (Wildman–Crippen LogP) is 4.56. The second kappa shape index (κ2) is 9.14. The highest BCUT2D eigenvalue weighted by molar-refractivity contribution is 9.46. The third-order valence-corrected chi connectivity index (χ3v) is 17.9.